The molecule has 0 spiro atoms. The van der Waals surface area contributed by atoms with Gasteiger partial charge in [-0.15, -0.1) is 0 Å². The van der Waals surface area contributed by atoms with Crippen LogP contribution in [0.25, 0.3) is 21.5 Å². The van der Waals surface area contributed by atoms with Gasteiger partial charge in [-0.3, -0.25) is 9.59 Å². The van der Waals surface area contributed by atoms with Gasteiger partial charge >= 0.3 is 5.97 Å². The maximum Gasteiger partial charge on any atom is 0.325 e. The van der Waals surface area contributed by atoms with Crippen molar-refractivity contribution in [3.8, 4) is 34.5 Å². The first-order chi connectivity index (χ1) is 19.6. The number of hydrogen-bond acceptors (Lipinski definition) is 8. The van der Waals surface area contributed by atoms with Crippen molar-refractivity contribution in [2.75, 3.05) is 6.61 Å². The van der Waals surface area contributed by atoms with Gasteiger partial charge < -0.3 is 40.3 Å². The first kappa shape index (κ1) is 29.1. The van der Waals surface area contributed by atoms with Crippen LogP contribution in [0.4, 0.5) is 0 Å². The molecule has 0 aromatic heterocycles. The molecule has 4 aromatic rings. The zero-order valence-electron chi connectivity index (χ0n) is 22.8. The fourth-order valence-electron chi connectivity index (χ4n) is 4.53. The molecule has 0 bridgehead atoms. The monoisotopic (exact) mass is 563 g/mol. The van der Waals surface area contributed by atoms with Crippen molar-refractivity contribution in [1.82, 2.24) is 5.32 Å². The summed E-state index contributed by atoms with van der Waals surface area (Å²) in [5.74, 6) is -3.95. The van der Waals surface area contributed by atoms with E-state index in [4.69, 9.17) is 14.6 Å². The summed E-state index contributed by atoms with van der Waals surface area (Å²) in [6.45, 7) is 3.52. The summed E-state index contributed by atoms with van der Waals surface area (Å²) in [4.78, 5) is 23.3. The van der Waals surface area contributed by atoms with Crippen LogP contribution in [-0.2, 0) is 11.4 Å². The number of benzene rings is 4. The SMILES string of the molecule is CCCCCCOc1c(O)c(O)c(OCc2ccc(C(=O)N[C@@H](C)C(=O)O)cc2)c2c(O)c3ccccc3c(O)c12. The molecule has 216 valence electrons. The Bertz CT molecular complexity index is 1580. The molecule has 0 heterocycles. The highest BCUT2D eigenvalue weighted by atomic mass is 16.5. The van der Waals surface area contributed by atoms with Gasteiger partial charge in [-0.2, -0.15) is 0 Å². The number of nitrogens with one attached hydrogen (secondary N) is 1. The number of hydrogen-bond donors (Lipinski definition) is 6. The second kappa shape index (κ2) is 12.5. The summed E-state index contributed by atoms with van der Waals surface area (Å²) in [5, 5.41) is 56.4. The highest BCUT2D eigenvalue weighted by Gasteiger charge is 2.28. The van der Waals surface area contributed by atoms with E-state index < -0.39 is 29.4 Å². The Labute approximate surface area is 236 Å². The van der Waals surface area contributed by atoms with Crippen LogP contribution in [0.5, 0.6) is 34.5 Å². The average Bonchev–Trinajstić information content (AvgIpc) is 2.97. The molecule has 0 unspecified atom stereocenters. The third-order valence-corrected chi connectivity index (χ3v) is 6.83. The molecule has 4 rings (SSSR count). The number of phenols is 4. The molecular weight excluding hydrogens is 530 g/mol. The molecule has 10 heteroatoms. The largest absolute Gasteiger partial charge is 0.506 e. The number of unbranched alkanes of at least 4 members (excludes halogenated alkanes) is 3. The third kappa shape index (κ3) is 6.01. The molecule has 0 aliphatic rings. The first-order valence-electron chi connectivity index (χ1n) is 13.4. The first-order valence-corrected chi connectivity index (χ1v) is 13.4. The maximum atomic E-state index is 12.3. The summed E-state index contributed by atoms with van der Waals surface area (Å²) in [6, 6.07) is 11.7. The number of aromatic hydroxyl groups is 4. The molecule has 1 amide bonds. The molecule has 6 N–H and O–H groups in total. The number of ether oxygens (including phenoxy) is 2. The van der Waals surface area contributed by atoms with Crippen molar-refractivity contribution in [3.63, 3.8) is 0 Å². The van der Waals surface area contributed by atoms with Gasteiger partial charge in [0.05, 0.1) is 17.4 Å². The van der Waals surface area contributed by atoms with Gasteiger partial charge in [-0.25, -0.2) is 0 Å². The molecule has 0 radical (unpaired) electrons. The Kier molecular flexibility index (Phi) is 8.91. The van der Waals surface area contributed by atoms with E-state index in [0.717, 1.165) is 19.3 Å². The number of carbonyl (C=O) groups is 2. The Morgan fingerprint density at radius 1 is 0.780 bits per heavy atom. The number of amides is 1. The summed E-state index contributed by atoms with van der Waals surface area (Å²) in [6.07, 6.45) is 3.64. The molecule has 10 nitrogen and oxygen atoms in total. The molecule has 41 heavy (non-hydrogen) atoms. The number of fused-ring (bicyclic) bond motifs is 2. The van der Waals surface area contributed by atoms with Gasteiger partial charge in [-0.1, -0.05) is 62.6 Å². The molecular formula is C31H33NO9. The van der Waals surface area contributed by atoms with E-state index >= 15 is 0 Å². The van der Waals surface area contributed by atoms with E-state index in [9.17, 15) is 30.0 Å². The number of aliphatic carboxylic acids is 1. The van der Waals surface area contributed by atoms with Crippen molar-refractivity contribution in [2.24, 2.45) is 0 Å². The van der Waals surface area contributed by atoms with Crippen molar-refractivity contribution in [3.05, 3.63) is 59.7 Å². The minimum atomic E-state index is -1.16. The van der Waals surface area contributed by atoms with Crippen molar-refractivity contribution in [2.45, 2.75) is 52.2 Å². The Morgan fingerprint density at radius 3 is 1.88 bits per heavy atom. The van der Waals surface area contributed by atoms with Crippen molar-refractivity contribution < 1.29 is 44.6 Å². The van der Waals surface area contributed by atoms with Crippen LogP contribution in [0.2, 0.25) is 0 Å². The molecule has 0 saturated heterocycles. The van der Waals surface area contributed by atoms with Crippen LogP contribution in [0, 0.1) is 0 Å². The lowest BCUT2D eigenvalue weighted by Gasteiger charge is -2.20. The normalized spacial score (nSPS) is 11.9. The van der Waals surface area contributed by atoms with Gasteiger partial charge in [0.15, 0.2) is 11.5 Å². The van der Waals surface area contributed by atoms with Crippen molar-refractivity contribution >= 4 is 33.4 Å². The quantitative estimate of drug-likeness (QED) is 0.0560. The van der Waals surface area contributed by atoms with E-state index in [2.05, 4.69) is 12.2 Å². The van der Waals surface area contributed by atoms with Crippen LogP contribution in [-0.4, -0.2) is 50.1 Å². The highest BCUT2D eigenvalue weighted by molar-refractivity contribution is 6.16. The lowest BCUT2D eigenvalue weighted by molar-refractivity contribution is -0.138. The minimum Gasteiger partial charge on any atom is -0.506 e. The molecule has 1 atom stereocenters. The molecule has 0 aliphatic carbocycles. The smallest absolute Gasteiger partial charge is 0.325 e. The lowest BCUT2D eigenvalue weighted by Crippen LogP contribution is -2.38. The summed E-state index contributed by atoms with van der Waals surface area (Å²) in [5.41, 5.74) is 0.808. The van der Waals surface area contributed by atoms with Gasteiger partial charge in [0.1, 0.15) is 24.1 Å². The number of carboxylic acid groups (broad SMARTS) is 1. The molecule has 0 saturated carbocycles. The Balaban J connectivity index is 1.70. The van der Waals surface area contributed by atoms with Gasteiger partial charge in [0.2, 0.25) is 11.5 Å². The maximum absolute atomic E-state index is 12.3. The average molecular weight is 564 g/mol. The van der Waals surface area contributed by atoms with Gasteiger partial charge in [0.25, 0.3) is 5.91 Å². The third-order valence-electron chi connectivity index (χ3n) is 6.83. The van der Waals surface area contributed by atoms with Crippen LogP contribution in [0.3, 0.4) is 0 Å². The second-order valence-corrected chi connectivity index (χ2v) is 9.78. The predicted molar refractivity (Wildman–Crippen MR) is 153 cm³/mol. The number of rotatable bonds is 12. The van der Waals surface area contributed by atoms with E-state index in [1.165, 1.54) is 19.1 Å². The second-order valence-electron chi connectivity index (χ2n) is 9.78. The topological polar surface area (TPSA) is 166 Å². The number of carbonyl (C=O) groups excluding carboxylic acids is 1. The van der Waals surface area contributed by atoms with E-state index in [0.29, 0.717) is 22.8 Å². The number of phenolic OH excluding ortho intramolecular Hbond substituents is 4. The zero-order valence-corrected chi connectivity index (χ0v) is 22.8. The summed E-state index contributed by atoms with van der Waals surface area (Å²) in [7, 11) is 0. The summed E-state index contributed by atoms with van der Waals surface area (Å²) < 4.78 is 11.7. The molecule has 4 aromatic carbocycles. The van der Waals surface area contributed by atoms with Gasteiger partial charge in [0, 0.05) is 16.3 Å². The van der Waals surface area contributed by atoms with Crippen LogP contribution in [0.15, 0.2) is 48.5 Å². The minimum absolute atomic E-state index is 0.00145. The zero-order chi connectivity index (χ0) is 29.7. The molecule has 0 aliphatic heterocycles. The fraction of sp³-hybridized carbons (Fsp3) is 0.290. The Hall–Kier alpha value is -4.86. The summed E-state index contributed by atoms with van der Waals surface area (Å²) >= 11 is 0. The standard InChI is InChI=1S/C31H33NO9/c1-3-4-5-8-15-40-28-22-23(25(34)21-10-7-6-9-20(21)24(22)33)29(27(36)26(28)35)41-16-18-11-13-19(14-12-18)30(37)32-17(2)31(38)39/h6-7,9-14,17,33-36H,3-5,8,15-16H2,1-2H3,(H,32,37)(H,38,39)/t17-/m0/s1. The fourth-order valence-corrected chi connectivity index (χ4v) is 4.53. The van der Waals surface area contributed by atoms with E-state index in [-0.39, 0.29) is 52.5 Å². The van der Waals surface area contributed by atoms with Crippen molar-refractivity contribution in [1.29, 1.82) is 0 Å². The predicted octanol–water partition coefficient (Wildman–Crippen LogP) is 5.56. The molecule has 0 fully saturated rings. The lowest BCUT2D eigenvalue weighted by atomic mass is 9.98. The van der Waals surface area contributed by atoms with Gasteiger partial charge in [-0.05, 0) is 31.0 Å². The van der Waals surface area contributed by atoms with Crippen LogP contribution in [0.1, 0.15) is 55.5 Å². The van der Waals surface area contributed by atoms with Crippen LogP contribution >= 0.6 is 0 Å². The van der Waals surface area contributed by atoms with E-state index in [1.54, 1.807) is 36.4 Å². The van der Waals surface area contributed by atoms with E-state index in [1.807, 2.05) is 0 Å². The number of carboxylic acids is 1. The van der Waals surface area contributed by atoms with Crippen LogP contribution < -0.4 is 14.8 Å². The highest BCUT2D eigenvalue weighted by Crippen LogP contribution is 2.57. The Morgan fingerprint density at radius 2 is 1.34 bits per heavy atom.